The maximum atomic E-state index is 12.2. The van der Waals surface area contributed by atoms with Crippen LogP contribution in [0.3, 0.4) is 0 Å². The number of anilines is 1. The van der Waals surface area contributed by atoms with Gasteiger partial charge in [0.05, 0.1) is 6.20 Å². The van der Waals surface area contributed by atoms with Crippen molar-refractivity contribution in [3.05, 3.63) is 75.4 Å². The lowest BCUT2D eigenvalue weighted by Crippen LogP contribution is -2.22. The second kappa shape index (κ2) is 7.88. The van der Waals surface area contributed by atoms with Gasteiger partial charge in [0.25, 0.3) is 0 Å². The number of pyridine rings is 1. The lowest BCUT2D eigenvalue weighted by molar-refractivity contribution is -0.116. The summed E-state index contributed by atoms with van der Waals surface area (Å²) in [5, 5.41) is 3.20. The number of hydrogen-bond donors (Lipinski definition) is 2. The van der Waals surface area contributed by atoms with Gasteiger partial charge in [0.15, 0.2) is 5.75 Å². The van der Waals surface area contributed by atoms with E-state index in [-0.39, 0.29) is 30.2 Å². The van der Waals surface area contributed by atoms with E-state index in [1.54, 1.807) is 30.0 Å². The quantitative estimate of drug-likeness (QED) is 0.696. The van der Waals surface area contributed by atoms with E-state index >= 15 is 0 Å². The number of ether oxygens (including phenoxy) is 1. The van der Waals surface area contributed by atoms with Gasteiger partial charge in [-0.15, -0.1) is 0 Å². The summed E-state index contributed by atoms with van der Waals surface area (Å²) in [5.41, 5.74) is 1.17. The molecule has 134 valence electrons. The zero-order valence-corrected chi connectivity index (χ0v) is 14.8. The molecule has 0 aliphatic heterocycles. The summed E-state index contributed by atoms with van der Waals surface area (Å²) in [7, 11) is 0. The molecule has 2 N–H and O–H groups in total. The average Bonchev–Trinajstić information content (AvgIpc) is 3.10. The number of nitrogens with zero attached hydrogens (tertiary/aromatic N) is 2. The third kappa shape index (κ3) is 4.31. The third-order valence-corrected chi connectivity index (χ3v) is 4.09. The zero-order chi connectivity index (χ0) is 18.5. The Kier molecular flexibility index (Phi) is 5.38. The van der Waals surface area contributed by atoms with Gasteiger partial charge in [-0.2, -0.15) is 0 Å². The minimum atomic E-state index is -0.274. The molecule has 1 amide bonds. The molecule has 0 spiro atoms. The molecule has 0 atom stereocenters. The highest BCUT2D eigenvalue weighted by Crippen LogP contribution is 2.17. The number of carbonyl (C=O) groups is 1. The fraction of sp³-hybridized carbons (Fsp3) is 0.167. The number of amides is 1. The summed E-state index contributed by atoms with van der Waals surface area (Å²) in [5.74, 6) is 0.244. The molecule has 2 heterocycles. The first-order valence-electron chi connectivity index (χ1n) is 7.89. The predicted octanol–water partition coefficient (Wildman–Crippen LogP) is 2.75. The summed E-state index contributed by atoms with van der Waals surface area (Å²) in [6.45, 7) is 1.94. The van der Waals surface area contributed by atoms with Crippen molar-refractivity contribution in [2.24, 2.45) is 0 Å². The molecular weight excluding hydrogens is 356 g/mol. The monoisotopic (exact) mass is 372 g/mol. The summed E-state index contributed by atoms with van der Waals surface area (Å²) < 4.78 is 7.26. The van der Waals surface area contributed by atoms with Crippen molar-refractivity contribution in [3.8, 4) is 5.75 Å². The molecule has 0 aliphatic carbocycles. The van der Waals surface area contributed by atoms with Crippen molar-refractivity contribution in [2.45, 2.75) is 20.1 Å². The molecule has 0 fully saturated rings. The van der Waals surface area contributed by atoms with Gasteiger partial charge in [0, 0.05) is 34.7 Å². The van der Waals surface area contributed by atoms with Crippen molar-refractivity contribution in [3.63, 3.8) is 0 Å². The Balaban J connectivity index is 1.73. The van der Waals surface area contributed by atoms with E-state index in [4.69, 9.17) is 16.3 Å². The van der Waals surface area contributed by atoms with Crippen LogP contribution in [-0.4, -0.2) is 20.4 Å². The number of aromatic amines is 1. The molecule has 0 radical (unpaired) electrons. The SMILES string of the molecule is Cc1cc(=O)c(OCc2ccccc2Cl)cn1CC(=O)Nc1ncc[nH]1. The molecule has 3 aromatic rings. The van der Waals surface area contributed by atoms with E-state index < -0.39 is 0 Å². The summed E-state index contributed by atoms with van der Waals surface area (Å²) in [6.07, 6.45) is 4.68. The fourth-order valence-corrected chi connectivity index (χ4v) is 2.55. The largest absolute Gasteiger partial charge is 0.483 e. The maximum Gasteiger partial charge on any atom is 0.246 e. The highest BCUT2D eigenvalue weighted by atomic mass is 35.5. The molecule has 8 heteroatoms. The van der Waals surface area contributed by atoms with Crippen molar-refractivity contribution in [1.82, 2.24) is 14.5 Å². The first-order valence-corrected chi connectivity index (χ1v) is 8.27. The van der Waals surface area contributed by atoms with E-state index in [1.165, 1.54) is 12.3 Å². The molecule has 0 saturated heterocycles. The van der Waals surface area contributed by atoms with Crippen LogP contribution in [0.1, 0.15) is 11.3 Å². The van der Waals surface area contributed by atoms with E-state index in [1.807, 2.05) is 18.2 Å². The lowest BCUT2D eigenvalue weighted by Gasteiger charge is -2.13. The fourth-order valence-electron chi connectivity index (χ4n) is 2.36. The van der Waals surface area contributed by atoms with Crippen LogP contribution in [0, 0.1) is 6.92 Å². The van der Waals surface area contributed by atoms with Gasteiger partial charge in [0.1, 0.15) is 13.2 Å². The number of rotatable bonds is 6. The van der Waals surface area contributed by atoms with Gasteiger partial charge in [-0.05, 0) is 13.0 Å². The minimum Gasteiger partial charge on any atom is -0.483 e. The second-order valence-corrected chi connectivity index (χ2v) is 6.04. The molecule has 0 aliphatic rings. The first kappa shape index (κ1) is 17.8. The average molecular weight is 373 g/mol. The predicted molar refractivity (Wildman–Crippen MR) is 98.4 cm³/mol. The first-order chi connectivity index (χ1) is 12.5. The molecule has 7 nitrogen and oxygen atoms in total. The molecule has 2 aromatic heterocycles. The van der Waals surface area contributed by atoms with Crippen molar-refractivity contribution in [2.75, 3.05) is 5.32 Å². The van der Waals surface area contributed by atoms with Gasteiger partial charge in [0.2, 0.25) is 17.3 Å². The molecule has 1 aromatic carbocycles. The summed E-state index contributed by atoms with van der Waals surface area (Å²) in [6, 6.07) is 8.68. The summed E-state index contributed by atoms with van der Waals surface area (Å²) in [4.78, 5) is 31.0. The third-order valence-electron chi connectivity index (χ3n) is 3.72. The smallest absolute Gasteiger partial charge is 0.246 e. The number of nitrogens with one attached hydrogen (secondary N) is 2. The van der Waals surface area contributed by atoms with Crippen LogP contribution in [-0.2, 0) is 17.9 Å². The standard InChI is InChI=1S/C18H17ClN4O3/c1-12-8-15(24)16(26-11-13-4-2-3-5-14(13)19)9-23(12)10-17(25)22-18-20-6-7-21-18/h2-9H,10-11H2,1H3,(H2,20,21,22,25). The Hall–Kier alpha value is -3.06. The molecule has 0 unspecified atom stereocenters. The van der Waals surface area contributed by atoms with Gasteiger partial charge in [-0.1, -0.05) is 29.8 Å². The van der Waals surface area contributed by atoms with Gasteiger partial charge in [-0.3, -0.25) is 14.9 Å². The Labute approximate surface area is 154 Å². The Morgan fingerprint density at radius 3 is 2.92 bits per heavy atom. The number of imidazole rings is 1. The van der Waals surface area contributed by atoms with Crippen LogP contribution >= 0.6 is 11.6 Å². The maximum absolute atomic E-state index is 12.2. The molecule has 0 saturated carbocycles. The van der Waals surface area contributed by atoms with E-state index in [2.05, 4.69) is 15.3 Å². The highest BCUT2D eigenvalue weighted by Gasteiger charge is 2.10. The van der Waals surface area contributed by atoms with Crippen LogP contribution < -0.4 is 15.5 Å². The Bertz CT molecular complexity index is 967. The van der Waals surface area contributed by atoms with Gasteiger partial charge < -0.3 is 14.3 Å². The van der Waals surface area contributed by atoms with Gasteiger partial charge in [-0.25, -0.2) is 4.98 Å². The van der Waals surface area contributed by atoms with E-state index in [0.717, 1.165) is 5.56 Å². The molecule has 3 rings (SSSR count). The van der Waals surface area contributed by atoms with Crippen molar-refractivity contribution < 1.29 is 9.53 Å². The number of carbonyl (C=O) groups excluding carboxylic acids is 1. The molecule has 0 bridgehead atoms. The Morgan fingerprint density at radius 1 is 1.38 bits per heavy atom. The van der Waals surface area contributed by atoms with Crippen LogP contribution in [0.5, 0.6) is 5.75 Å². The highest BCUT2D eigenvalue weighted by molar-refractivity contribution is 6.31. The number of H-pyrrole nitrogens is 1. The Morgan fingerprint density at radius 2 is 2.19 bits per heavy atom. The second-order valence-electron chi connectivity index (χ2n) is 5.64. The number of aryl methyl sites for hydroxylation is 1. The van der Waals surface area contributed by atoms with Crippen molar-refractivity contribution >= 4 is 23.5 Å². The number of hydrogen-bond acceptors (Lipinski definition) is 4. The molecular formula is C18H17ClN4O3. The van der Waals surface area contributed by atoms with Crippen LogP contribution in [0.15, 0.2) is 53.7 Å². The number of halogens is 1. The lowest BCUT2D eigenvalue weighted by atomic mass is 10.2. The minimum absolute atomic E-state index is 0.0231. The zero-order valence-electron chi connectivity index (χ0n) is 14.0. The number of benzene rings is 1. The van der Waals surface area contributed by atoms with E-state index in [0.29, 0.717) is 16.7 Å². The van der Waals surface area contributed by atoms with Crippen molar-refractivity contribution in [1.29, 1.82) is 0 Å². The summed E-state index contributed by atoms with van der Waals surface area (Å²) >= 11 is 6.10. The molecule has 26 heavy (non-hydrogen) atoms. The topological polar surface area (TPSA) is 89.0 Å². The van der Waals surface area contributed by atoms with Crippen LogP contribution in [0.25, 0.3) is 0 Å². The van der Waals surface area contributed by atoms with E-state index in [9.17, 15) is 9.59 Å². The normalized spacial score (nSPS) is 10.5. The number of aromatic nitrogens is 3. The van der Waals surface area contributed by atoms with Crippen LogP contribution in [0.2, 0.25) is 5.02 Å². The van der Waals surface area contributed by atoms with Gasteiger partial charge >= 0.3 is 0 Å². The van der Waals surface area contributed by atoms with Crippen LogP contribution in [0.4, 0.5) is 5.95 Å².